The first-order valence-corrected chi connectivity index (χ1v) is 7.05. The van der Waals surface area contributed by atoms with Gasteiger partial charge in [0.25, 0.3) is 0 Å². The van der Waals surface area contributed by atoms with Gasteiger partial charge in [-0.3, -0.25) is 4.68 Å². The van der Waals surface area contributed by atoms with Crippen LogP contribution in [0.3, 0.4) is 0 Å². The molecule has 0 fully saturated rings. The first-order chi connectivity index (χ1) is 10.2. The number of benzene rings is 2. The van der Waals surface area contributed by atoms with Gasteiger partial charge in [-0.2, -0.15) is 5.10 Å². The molecule has 0 radical (unpaired) electrons. The molecule has 0 aliphatic rings. The van der Waals surface area contributed by atoms with Crippen molar-refractivity contribution in [3.8, 4) is 5.75 Å². The van der Waals surface area contributed by atoms with Crippen LogP contribution in [0.1, 0.15) is 5.69 Å². The van der Waals surface area contributed by atoms with Crippen LogP contribution in [0.15, 0.2) is 42.5 Å². The van der Waals surface area contributed by atoms with Gasteiger partial charge in [-0.05, 0) is 24.3 Å². The van der Waals surface area contributed by atoms with Crippen molar-refractivity contribution in [3.05, 3.63) is 53.2 Å². The van der Waals surface area contributed by atoms with Crippen LogP contribution in [-0.4, -0.2) is 16.9 Å². The number of aromatic nitrogens is 2. The second-order valence-electron chi connectivity index (χ2n) is 4.79. The zero-order valence-corrected chi connectivity index (χ0v) is 12.7. The van der Waals surface area contributed by atoms with Gasteiger partial charge in [0.15, 0.2) is 0 Å². The largest absolute Gasteiger partial charge is 0.495 e. The number of ether oxygens (including phenoxy) is 1. The van der Waals surface area contributed by atoms with Crippen molar-refractivity contribution in [2.24, 2.45) is 7.05 Å². The minimum Gasteiger partial charge on any atom is -0.495 e. The zero-order valence-electron chi connectivity index (χ0n) is 11.9. The van der Waals surface area contributed by atoms with Crippen LogP contribution < -0.4 is 10.1 Å². The van der Waals surface area contributed by atoms with Crippen molar-refractivity contribution >= 4 is 28.2 Å². The van der Waals surface area contributed by atoms with Crippen LogP contribution in [-0.2, 0) is 13.6 Å². The quantitative estimate of drug-likeness (QED) is 0.795. The van der Waals surface area contributed by atoms with Crippen molar-refractivity contribution in [3.63, 3.8) is 0 Å². The number of hydrogen-bond acceptors (Lipinski definition) is 3. The zero-order chi connectivity index (χ0) is 14.8. The maximum atomic E-state index is 6.13. The molecule has 3 aromatic rings. The molecule has 0 atom stereocenters. The van der Waals surface area contributed by atoms with Gasteiger partial charge in [0.2, 0.25) is 0 Å². The molecule has 4 nitrogen and oxygen atoms in total. The lowest BCUT2D eigenvalue weighted by Crippen LogP contribution is -2.01. The molecule has 0 bridgehead atoms. The molecule has 0 saturated heterocycles. The van der Waals surface area contributed by atoms with E-state index >= 15 is 0 Å². The fraction of sp³-hybridized carbons (Fsp3) is 0.188. The van der Waals surface area contributed by atoms with E-state index in [1.807, 2.05) is 42.1 Å². The third-order valence-corrected chi connectivity index (χ3v) is 3.74. The number of anilines is 1. The fourth-order valence-electron chi connectivity index (χ4n) is 2.38. The van der Waals surface area contributed by atoms with Crippen LogP contribution in [0.2, 0.25) is 5.02 Å². The molecule has 5 heteroatoms. The summed E-state index contributed by atoms with van der Waals surface area (Å²) >= 11 is 6.13. The Hall–Kier alpha value is -2.20. The van der Waals surface area contributed by atoms with Crippen LogP contribution in [0.5, 0.6) is 5.75 Å². The van der Waals surface area contributed by atoms with E-state index in [0.29, 0.717) is 17.3 Å². The molecule has 1 N–H and O–H groups in total. The van der Waals surface area contributed by atoms with E-state index in [0.717, 1.165) is 22.3 Å². The number of methoxy groups -OCH3 is 1. The molecular formula is C16H16ClN3O. The van der Waals surface area contributed by atoms with Gasteiger partial charge in [-0.15, -0.1) is 0 Å². The number of rotatable bonds is 4. The molecule has 2 aromatic carbocycles. The van der Waals surface area contributed by atoms with E-state index in [9.17, 15) is 0 Å². The average molecular weight is 302 g/mol. The summed E-state index contributed by atoms with van der Waals surface area (Å²) in [4.78, 5) is 0. The van der Waals surface area contributed by atoms with Gasteiger partial charge >= 0.3 is 0 Å². The van der Waals surface area contributed by atoms with Crippen LogP contribution in [0.25, 0.3) is 10.9 Å². The van der Waals surface area contributed by atoms with Crippen LogP contribution >= 0.6 is 11.6 Å². The molecule has 1 aromatic heterocycles. The van der Waals surface area contributed by atoms with Crippen molar-refractivity contribution in [2.75, 3.05) is 12.4 Å². The summed E-state index contributed by atoms with van der Waals surface area (Å²) in [5.41, 5.74) is 3.08. The van der Waals surface area contributed by atoms with Crippen molar-refractivity contribution in [2.45, 2.75) is 6.54 Å². The summed E-state index contributed by atoms with van der Waals surface area (Å²) in [5.74, 6) is 0.672. The Bertz CT molecular complexity index is 782. The number of nitrogens with one attached hydrogen (secondary N) is 1. The second-order valence-corrected chi connectivity index (χ2v) is 5.20. The monoisotopic (exact) mass is 301 g/mol. The number of hydrogen-bond donors (Lipinski definition) is 1. The number of halogens is 1. The third-order valence-electron chi connectivity index (χ3n) is 3.45. The van der Waals surface area contributed by atoms with E-state index in [2.05, 4.69) is 22.5 Å². The minimum atomic E-state index is 0.591. The van der Waals surface area contributed by atoms with Gasteiger partial charge in [0.05, 0.1) is 29.9 Å². The first-order valence-electron chi connectivity index (χ1n) is 6.67. The lowest BCUT2D eigenvalue weighted by molar-refractivity contribution is 0.415. The second kappa shape index (κ2) is 5.66. The summed E-state index contributed by atoms with van der Waals surface area (Å²) < 4.78 is 7.04. The van der Waals surface area contributed by atoms with Crippen molar-refractivity contribution < 1.29 is 4.74 Å². The molecule has 0 spiro atoms. The predicted octanol–water partition coefficient (Wildman–Crippen LogP) is 3.85. The van der Waals surface area contributed by atoms with E-state index in [1.165, 1.54) is 0 Å². The van der Waals surface area contributed by atoms with Gasteiger partial charge in [0, 0.05) is 18.1 Å². The molecule has 0 saturated carbocycles. The Kier molecular flexibility index (Phi) is 3.71. The highest BCUT2D eigenvalue weighted by molar-refractivity contribution is 6.32. The normalized spacial score (nSPS) is 10.8. The highest BCUT2D eigenvalue weighted by atomic mass is 35.5. The summed E-state index contributed by atoms with van der Waals surface area (Å²) in [7, 11) is 3.56. The molecule has 0 amide bonds. The fourth-order valence-corrected chi connectivity index (χ4v) is 2.64. The predicted molar refractivity (Wildman–Crippen MR) is 86.0 cm³/mol. The highest BCUT2D eigenvalue weighted by Gasteiger charge is 2.08. The lowest BCUT2D eigenvalue weighted by Gasteiger charge is -2.08. The van der Waals surface area contributed by atoms with E-state index in [1.54, 1.807) is 7.11 Å². The van der Waals surface area contributed by atoms with E-state index in [4.69, 9.17) is 16.3 Å². The SMILES string of the molecule is COc1ccc(NCc2nn(C)c3ccccc23)cc1Cl. The summed E-state index contributed by atoms with van der Waals surface area (Å²) in [6.45, 7) is 0.643. The first kappa shape index (κ1) is 13.8. The molecular weight excluding hydrogens is 286 g/mol. The third kappa shape index (κ3) is 2.67. The molecule has 21 heavy (non-hydrogen) atoms. The Balaban J connectivity index is 1.82. The maximum Gasteiger partial charge on any atom is 0.137 e. The topological polar surface area (TPSA) is 39.1 Å². The Labute approximate surface area is 128 Å². The minimum absolute atomic E-state index is 0.591. The Morgan fingerprint density at radius 1 is 1.24 bits per heavy atom. The van der Waals surface area contributed by atoms with Crippen molar-refractivity contribution in [1.29, 1.82) is 0 Å². The van der Waals surface area contributed by atoms with Gasteiger partial charge < -0.3 is 10.1 Å². The average Bonchev–Trinajstić information content (AvgIpc) is 2.82. The lowest BCUT2D eigenvalue weighted by atomic mass is 10.2. The number of fused-ring (bicyclic) bond motifs is 1. The molecule has 0 aliphatic heterocycles. The highest BCUT2D eigenvalue weighted by Crippen LogP contribution is 2.27. The molecule has 3 rings (SSSR count). The number of nitrogens with zero attached hydrogens (tertiary/aromatic N) is 2. The molecule has 0 unspecified atom stereocenters. The Morgan fingerprint density at radius 2 is 2.05 bits per heavy atom. The van der Waals surface area contributed by atoms with Crippen LogP contribution in [0, 0.1) is 0 Å². The summed E-state index contributed by atoms with van der Waals surface area (Å²) in [5, 5.41) is 9.65. The van der Waals surface area contributed by atoms with Crippen molar-refractivity contribution in [1.82, 2.24) is 9.78 Å². The van der Waals surface area contributed by atoms with Crippen LogP contribution in [0.4, 0.5) is 5.69 Å². The maximum absolute atomic E-state index is 6.13. The summed E-state index contributed by atoms with van der Waals surface area (Å²) in [6.07, 6.45) is 0. The molecule has 1 heterocycles. The number of aryl methyl sites for hydroxylation is 1. The van der Waals surface area contributed by atoms with E-state index < -0.39 is 0 Å². The Morgan fingerprint density at radius 3 is 2.81 bits per heavy atom. The van der Waals surface area contributed by atoms with Gasteiger partial charge in [-0.1, -0.05) is 29.8 Å². The molecule has 0 aliphatic carbocycles. The standard InChI is InChI=1S/C16H16ClN3O/c1-20-15-6-4-3-5-12(15)14(19-20)10-18-11-7-8-16(21-2)13(17)9-11/h3-9,18H,10H2,1-2H3. The van der Waals surface area contributed by atoms with Gasteiger partial charge in [0.1, 0.15) is 5.75 Å². The smallest absolute Gasteiger partial charge is 0.137 e. The summed E-state index contributed by atoms with van der Waals surface area (Å²) in [6, 6.07) is 13.8. The number of para-hydroxylation sites is 1. The molecule has 108 valence electrons. The van der Waals surface area contributed by atoms with Gasteiger partial charge in [-0.25, -0.2) is 0 Å². The van der Waals surface area contributed by atoms with E-state index in [-0.39, 0.29) is 0 Å².